The van der Waals surface area contributed by atoms with Gasteiger partial charge in [0.25, 0.3) is 5.91 Å². The molecule has 0 fully saturated rings. The number of amides is 1. The van der Waals surface area contributed by atoms with E-state index in [2.05, 4.69) is 21.9 Å². The minimum Gasteiger partial charge on any atom is -0.467 e. The molecular weight excluding hydrogens is 280 g/mol. The molecule has 5 nitrogen and oxygen atoms in total. The van der Waals surface area contributed by atoms with E-state index in [-0.39, 0.29) is 6.54 Å². The van der Waals surface area contributed by atoms with Crippen LogP contribution in [0.3, 0.4) is 0 Å². The number of methoxy groups -OCH3 is 1. The van der Waals surface area contributed by atoms with Gasteiger partial charge in [-0.15, -0.1) is 0 Å². The Morgan fingerprint density at radius 3 is 2.75 bits per heavy atom. The third kappa shape index (κ3) is 4.26. The van der Waals surface area contributed by atoms with Gasteiger partial charge < -0.3 is 15.8 Å². The van der Waals surface area contributed by atoms with E-state index in [0.717, 1.165) is 0 Å². The van der Waals surface area contributed by atoms with Crippen LogP contribution in [0.25, 0.3) is 0 Å². The van der Waals surface area contributed by atoms with Gasteiger partial charge >= 0.3 is 5.97 Å². The average Bonchev–Trinajstić information content (AvgIpc) is 2.44. The first-order valence-electron chi connectivity index (χ1n) is 5.86. The number of hydrogen-bond acceptors (Lipinski definition) is 4. The number of halogens is 1. The monoisotopic (exact) mass is 294 g/mol. The molecule has 0 aliphatic rings. The van der Waals surface area contributed by atoms with Gasteiger partial charge in [-0.3, -0.25) is 4.79 Å². The lowest BCUT2D eigenvalue weighted by Crippen LogP contribution is -2.39. The number of nitrogens with one attached hydrogen (secondary N) is 1. The van der Waals surface area contributed by atoms with Crippen molar-refractivity contribution in [2.24, 2.45) is 5.73 Å². The fraction of sp³-hybridized carbons (Fsp3) is 0.286. The summed E-state index contributed by atoms with van der Waals surface area (Å²) in [6.45, 7) is 1.77. The highest BCUT2D eigenvalue weighted by atomic mass is 35.5. The van der Waals surface area contributed by atoms with Crippen molar-refractivity contribution >= 4 is 23.5 Å². The average molecular weight is 295 g/mol. The first kappa shape index (κ1) is 16.0. The van der Waals surface area contributed by atoms with Crippen molar-refractivity contribution in [3.8, 4) is 11.8 Å². The van der Waals surface area contributed by atoms with E-state index in [1.54, 1.807) is 12.1 Å². The van der Waals surface area contributed by atoms with E-state index in [4.69, 9.17) is 17.3 Å². The molecule has 1 rings (SSSR count). The highest BCUT2D eigenvalue weighted by Crippen LogP contribution is 2.17. The van der Waals surface area contributed by atoms with Gasteiger partial charge in [0.1, 0.15) is 6.04 Å². The van der Waals surface area contributed by atoms with E-state index in [0.29, 0.717) is 16.1 Å². The largest absolute Gasteiger partial charge is 0.467 e. The number of benzene rings is 1. The standard InChI is InChI=1S/C14H15ClN2O3/c1-9(14(19)20-2)17-13(18)11-6-5-10(4-3-7-16)12(15)8-11/h5-6,8-9H,7,16H2,1-2H3,(H,17,18). The first-order chi connectivity index (χ1) is 9.49. The van der Waals surface area contributed by atoms with Crippen LogP contribution in [0.1, 0.15) is 22.8 Å². The summed E-state index contributed by atoms with van der Waals surface area (Å²) in [4.78, 5) is 23.1. The van der Waals surface area contributed by atoms with E-state index in [9.17, 15) is 9.59 Å². The van der Waals surface area contributed by atoms with E-state index < -0.39 is 17.9 Å². The molecule has 0 spiro atoms. The number of hydrogen-bond donors (Lipinski definition) is 2. The predicted molar refractivity (Wildman–Crippen MR) is 76.3 cm³/mol. The van der Waals surface area contributed by atoms with E-state index >= 15 is 0 Å². The SMILES string of the molecule is COC(=O)C(C)NC(=O)c1ccc(C#CCN)c(Cl)c1. The van der Waals surface area contributed by atoms with Gasteiger partial charge in [-0.1, -0.05) is 23.4 Å². The molecule has 1 atom stereocenters. The van der Waals surface area contributed by atoms with Crippen LogP contribution in [0.4, 0.5) is 0 Å². The van der Waals surface area contributed by atoms with Gasteiger partial charge in [0, 0.05) is 11.1 Å². The lowest BCUT2D eigenvalue weighted by Gasteiger charge is -2.11. The predicted octanol–water partition coefficient (Wildman–Crippen LogP) is 0.941. The number of nitrogens with two attached hydrogens (primary N) is 1. The quantitative estimate of drug-likeness (QED) is 0.642. The zero-order chi connectivity index (χ0) is 15.1. The van der Waals surface area contributed by atoms with Gasteiger partial charge in [-0.2, -0.15) is 0 Å². The Morgan fingerprint density at radius 1 is 1.50 bits per heavy atom. The second-order valence-electron chi connectivity index (χ2n) is 3.92. The number of ether oxygens (including phenoxy) is 1. The summed E-state index contributed by atoms with van der Waals surface area (Å²) < 4.78 is 4.53. The molecule has 1 aromatic carbocycles. The van der Waals surface area contributed by atoms with Crippen molar-refractivity contribution in [3.63, 3.8) is 0 Å². The maximum absolute atomic E-state index is 11.9. The van der Waals surface area contributed by atoms with Crippen molar-refractivity contribution in [3.05, 3.63) is 34.3 Å². The number of carbonyl (C=O) groups is 2. The smallest absolute Gasteiger partial charge is 0.328 e. The lowest BCUT2D eigenvalue weighted by atomic mass is 10.1. The fourth-order valence-corrected chi connectivity index (χ4v) is 1.65. The molecule has 0 radical (unpaired) electrons. The molecule has 20 heavy (non-hydrogen) atoms. The van der Waals surface area contributed by atoms with Crippen molar-refractivity contribution in [1.82, 2.24) is 5.32 Å². The fourth-order valence-electron chi connectivity index (χ4n) is 1.42. The Labute approximate surface area is 122 Å². The second kappa shape index (κ2) is 7.53. The zero-order valence-electron chi connectivity index (χ0n) is 11.2. The first-order valence-corrected chi connectivity index (χ1v) is 6.24. The summed E-state index contributed by atoms with van der Waals surface area (Å²) in [5, 5.41) is 2.86. The molecule has 1 unspecified atom stereocenters. The maximum atomic E-state index is 11.9. The number of rotatable bonds is 3. The lowest BCUT2D eigenvalue weighted by molar-refractivity contribution is -0.142. The van der Waals surface area contributed by atoms with Gasteiger partial charge in [0.15, 0.2) is 0 Å². The van der Waals surface area contributed by atoms with E-state index in [1.807, 2.05) is 0 Å². The Kier molecular flexibility index (Phi) is 6.04. The van der Waals surface area contributed by atoms with Crippen molar-refractivity contribution < 1.29 is 14.3 Å². The van der Waals surface area contributed by atoms with Crippen molar-refractivity contribution in [2.45, 2.75) is 13.0 Å². The van der Waals surface area contributed by atoms with Gasteiger partial charge in [-0.05, 0) is 25.1 Å². The van der Waals surface area contributed by atoms with Crippen LogP contribution in [0.15, 0.2) is 18.2 Å². The molecule has 0 aliphatic heterocycles. The molecule has 1 aromatic rings. The van der Waals surface area contributed by atoms with Crippen LogP contribution in [-0.4, -0.2) is 31.6 Å². The minimum absolute atomic E-state index is 0.231. The molecule has 106 valence electrons. The van der Waals surface area contributed by atoms with Crippen LogP contribution in [-0.2, 0) is 9.53 Å². The normalized spacial score (nSPS) is 11.0. The molecule has 0 aromatic heterocycles. The molecule has 6 heteroatoms. The Bertz CT molecular complexity index is 576. The number of carbonyl (C=O) groups excluding carboxylic acids is 2. The summed E-state index contributed by atoms with van der Waals surface area (Å²) >= 11 is 6.02. The van der Waals surface area contributed by atoms with Gasteiger partial charge in [-0.25, -0.2) is 4.79 Å². The maximum Gasteiger partial charge on any atom is 0.328 e. The molecule has 0 heterocycles. The molecule has 0 bridgehead atoms. The highest BCUT2D eigenvalue weighted by Gasteiger charge is 2.17. The molecule has 1 amide bonds. The van der Waals surface area contributed by atoms with E-state index in [1.165, 1.54) is 20.1 Å². The Balaban J connectivity index is 2.85. The molecule has 0 saturated carbocycles. The number of esters is 1. The van der Waals surface area contributed by atoms with Crippen LogP contribution < -0.4 is 11.1 Å². The van der Waals surface area contributed by atoms with Crippen LogP contribution >= 0.6 is 11.6 Å². The second-order valence-corrected chi connectivity index (χ2v) is 4.33. The van der Waals surface area contributed by atoms with Gasteiger partial charge in [0.2, 0.25) is 0 Å². The Morgan fingerprint density at radius 2 is 2.20 bits per heavy atom. The molecule has 0 saturated heterocycles. The molecular formula is C14H15ClN2O3. The third-order valence-electron chi connectivity index (χ3n) is 2.46. The zero-order valence-corrected chi connectivity index (χ0v) is 12.0. The molecule has 0 aliphatic carbocycles. The Hall–Kier alpha value is -2.03. The molecule has 3 N–H and O–H groups in total. The van der Waals surface area contributed by atoms with Crippen molar-refractivity contribution in [1.29, 1.82) is 0 Å². The summed E-state index contributed by atoms with van der Waals surface area (Å²) in [5.74, 6) is 4.54. The minimum atomic E-state index is -0.733. The summed E-state index contributed by atoms with van der Waals surface area (Å²) in [6, 6.07) is 3.96. The third-order valence-corrected chi connectivity index (χ3v) is 2.77. The van der Waals surface area contributed by atoms with Gasteiger partial charge in [0.05, 0.1) is 18.7 Å². The highest BCUT2D eigenvalue weighted by molar-refractivity contribution is 6.32. The summed E-state index contributed by atoms with van der Waals surface area (Å²) in [6.07, 6.45) is 0. The van der Waals surface area contributed by atoms with Crippen LogP contribution in [0.2, 0.25) is 5.02 Å². The van der Waals surface area contributed by atoms with Crippen LogP contribution in [0.5, 0.6) is 0 Å². The van der Waals surface area contributed by atoms with Crippen molar-refractivity contribution in [2.75, 3.05) is 13.7 Å². The topological polar surface area (TPSA) is 81.4 Å². The van der Waals surface area contributed by atoms with Crippen LogP contribution in [0, 0.1) is 11.8 Å². The summed E-state index contributed by atoms with van der Waals surface area (Å²) in [7, 11) is 1.26. The summed E-state index contributed by atoms with van der Waals surface area (Å²) in [5.41, 5.74) is 6.21.